The van der Waals surface area contributed by atoms with Crippen LogP contribution in [0.4, 0.5) is 5.69 Å². The molecule has 1 aromatic rings. The normalized spacial score (nSPS) is 20.6. The third kappa shape index (κ3) is 3.02. The van der Waals surface area contributed by atoms with Crippen molar-refractivity contribution in [3.8, 4) is 0 Å². The lowest BCUT2D eigenvalue weighted by molar-refractivity contribution is 0.404. The van der Waals surface area contributed by atoms with E-state index in [4.69, 9.17) is 5.73 Å². The van der Waals surface area contributed by atoms with E-state index in [0.717, 1.165) is 5.92 Å². The Morgan fingerprint density at radius 2 is 2.29 bits per heavy atom. The molecule has 0 aromatic heterocycles. The van der Waals surface area contributed by atoms with E-state index in [1.165, 1.54) is 48.1 Å². The minimum absolute atomic E-state index is 0.608. The van der Waals surface area contributed by atoms with Crippen LogP contribution < -0.4 is 10.6 Å². The lowest BCUT2D eigenvalue weighted by Gasteiger charge is -2.34. The van der Waals surface area contributed by atoms with E-state index in [0.29, 0.717) is 6.54 Å². The maximum absolute atomic E-state index is 5.66. The second-order valence-corrected chi connectivity index (χ2v) is 5.71. The zero-order valence-corrected chi connectivity index (χ0v) is 12.0. The Hall–Kier alpha value is -0.540. The molecule has 1 heterocycles. The summed E-state index contributed by atoms with van der Waals surface area (Å²) in [6.45, 7) is 5.27. The first-order valence-electron chi connectivity index (χ1n) is 6.48. The third-order valence-electron chi connectivity index (χ3n) is 3.68. The first-order chi connectivity index (χ1) is 8.24. The van der Waals surface area contributed by atoms with Gasteiger partial charge in [0.05, 0.1) is 5.69 Å². The predicted molar refractivity (Wildman–Crippen MR) is 77.3 cm³/mol. The van der Waals surface area contributed by atoms with Crippen LogP contribution in [0.2, 0.25) is 0 Å². The van der Waals surface area contributed by atoms with Gasteiger partial charge in [-0.05, 0) is 52.4 Å². The summed E-state index contributed by atoms with van der Waals surface area (Å²) < 4.78 is 1.18. The van der Waals surface area contributed by atoms with Gasteiger partial charge in [-0.1, -0.05) is 19.4 Å². The summed E-state index contributed by atoms with van der Waals surface area (Å²) in [5.41, 5.74) is 8.16. The minimum atomic E-state index is 0.608. The molecule has 2 N–H and O–H groups in total. The first kappa shape index (κ1) is 12.9. The number of halogens is 1. The van der Waals surface area contributed by atoms with Crippen LogP contribution >= 0.6 is 15.9 Å². The van der Waals surface area contributed by atoms with Gasteiger partial charge >= 0.3 is 0 Å². The van der Waals surface area contributed by atoms with Crippen LogP contribution in [0.25, 0.3) is 0 Å². The van der Waals surface area contributed by atoms with Gasteiger partial charge in [-0.25, -0.2) is 0 Å². The molecule has 1 aliphatic rings. The fourth-order valence-electron chi connectivity index (χ4n) is 2.55. The van der Waals surface area contributed by atoms with Gasteiger partial charge in [-0.2, -0.15) is 0 Å². The van der Waals surface area contributed by atoms with Crippen molar-refractivity contribution in [1.82, 2.24) is 0 Å². The average Bonchev–Trinajstić information content (AvgIpc) is 2.38. The third-order valence-corrected chi connectivity index (χ3v) is 4.32. The Bertz CT molecular complexity index is 378. The monoisotopic (exact) mass is 296 g/mol. The van der Waals surface area contributed by atoms with Crippen molar-refractivity contribution in [2.24, 2.45) is 11.7 Å². The molecular formula is C14H21BrN2. The van der Waals surface area contributed by atoms with Crippen molar-refractivity contribution in [2.75, 3.05) is 18.0 Å². The van der Waals surface area contributed by atoms with Crippen molar-refractivity contribution in [2.45, 2.75) is 32.7 Å². The summed E-state index contributed by atoms with van der Waals surface area (Å²) in [5, 5.41) is 0. The highest BCUT2D eigenvalue weighted by atomic mass is 79.9. The van der Waals surface area contributed by atoms with Crippen LogP contribution in [0.1, 0.15) is 31.7 Å². The molecule has 17 heavy (non-hydrogen) atoms. The maximum atomic E-state index is 5.66. The van der Waals surface area contributed by atoms with Crippen molar-refractivity contribution in [3.05, 3.63) is 28.2 Å². The molecule has 2 nitrogen and oxygen atoms in total. The van der Waals surface area contributed by atoms with E-state index in [-0.39, 0.29) is 0 Å². The number of hydrogen-bond donors (Lipinski definition) is 1. The molecule has 1 fully saturated rings. The van der Waals surface area contributed by atoms with Crippen LogP contribution in [0.15, 0.2) is 22.7 Å². The van der Waals surface area contributed by atoms with E-state index in [9.17, 15) is 0 Å². The summed E-state index contributed by atoms with van der Waals surface area (Å²) in [6.07, 6.45) is 3.98. The number of benzene rings is 1. The van der Waals surface area contributed by atoms with Crippen molar-refractivity contribution < 1.29 is 0 Å². The van der Waals surface area contributed by atoms with Crippen LogP contribution in [0.3, 0.4) is 0 Å². The molecule has 1 unspecified atom stereocenters. The summed E-state index contributed by atoms with van der Waals surface area (Å²) >= 11 is 3.67. The molecule has 0 amide bonds. The van der Waals surface area contributed by atoms with Gasteiger partial charge in [0.1, 0.15) is 0 Å². The Morgan fingerprint density at radius 3 is 2.94 bits per heavy atom. The number of anilines is 1. The molecular weight excluding hydrogens is 276 g/mol. The van der Waals surface area contributed by atoms with Gasteiger partial charge in [0.15, 0.2) is 0 Å². The second-order valence-electron chi connectivity index (χ2n) is 4.85. The fourth-order valence-corrected chi connectivity index (χ4v) is 3.23. The maximum Gasteiger partial charge on any atom is 0.0510 e. The van der Waals surface area contributed by atoms with Crippen LogP contribution in [0, 0.1) is 5.92 Å². The average molecular weight is 297 g/mol. The van der Waals surface area contributed by atoms with E-state index >= 15 is 0 Å². The molecule has 0 radical (unpaired) electrons. The lowest BCUT2D eigenvalue weighted by Crippen LogP contribution is -2.35. The number of hydrogen-bond acceptors (Lipinski definition) is 2. The van der Waals surface area contributed by atoms with Gasteiger partial charge in [0.2, 0.25) is 0 Å². The van der Waals surface area contributed by atoms with Crippen molar-refractivity contribution >= 4 is 21.6 Å². The summed E-state index contributed by atoms with van der Waals surface area (Å²) in [6, 6.07) is 6.48. The van der Waals surface area contributed by atoms with E-state index in [1.807, 2.05) is 0 Å². The van der Waals surface area contributed by atoms with Crippen LogP contribution in [0.5, 0.6) is 0 Å². The highest BCUT2D eigenvalue weighted by Crippen LogP contribution is 2.31. The number of rotatable bonds is 3. The molecule has 0 bridgehead atoms. The largest absolute Gasteiger partial charge is 0.370 e. The smallest absolute Gasteiger partial charge is 0.0510 e. The molecule has 1 aromatic carbocycles. The molecule has 94 valence electrons. The molecule has 0 aliphatic carbocycles. The minimum Gasteiger partial charge on any atom is -0.370 e. The van der Waals surface area contributed by atoms with Crippen LogP contribution in [-0.4, -0.2) is 13.1 Å². The Morgan fingerprint density at radius 1 is 1.47 bits per heavy atom. The number of nitrogens with two attached hydrogens (primary N) is 1. The molecule has 3 heteroatoms. The van der Waals surface area contributed by atoms with E-state index in [1.54, 1.807) is 0 Å². The quantitative estimate of drug-likeness (QED) is 0.924. The van der Waals surface area contributed by atoms with Gasteiger partial charge in [-0.3, -0.25) is 0 Å². The number of piperidine rings is 1. The standard InChI is InChI=1S/C14H21BrN2/c1-2-11-4-3-7-17(10-11)14-6-5-12(9-16)8-13(14)15/h5-6,8,11H,2-4,7,9-10,16H2,1H3. The second kappa shape index (κ2) is 5.87. The van der Waals surface area contributed by atoms with E-state index in [2.05, 4.69) is 46.0 Å². The van der Waals surface area contributed by atoms with Gasteiger partial charge in [0, 0.05) is 24.1 Å². The van der Waals surface area contributed by atoms with Crippen molar-refractivity contribution in [1.29, 1.82) is 0 Å². The van der Waals surface area contributed by atoms with Crippen molar-refractivity contribution in [3.63, 3.8) is 0 Å². The summed E-state index contributed by atoms with van der Waals surface area (Å²) in [4.78, 5) is 2.50. The molecule has 0 spiro atoms. The summed E-state index contributed by atoms with van der Waals surface area (Å²) in [5.74, 6) is 0.852. The molecule has 0 saturated carbocycles. The first-order valence-corrected chi connectivity index (χ1v) is 7.27. The molecule has 1 saturated heterocycles. The molecule has 2 rings (SSSR count). The highest BCUT2D eigenvalue weighted by molar-refractivity contribution is 9.10. The lowest BCUT2D eigenvalue weighted by atomic mass is 9.95. The van der Waals surface area contributed by atoms with Gasteiger partial charge in [0.25, 0.3) is 0 Å². The zero-order chi connectivity index (χ0) is 12.3. The van der Waals surface area contributed by atoms with Gasteiger partial charge < -0.3 is 10.6 Å². The van der Waals surface area contributed by atoms with Gasteiger partial charge in [-0.15, -0.1) is 0 Å². The van der Waals surface area contributed by atoms with Crippen LogP contribution in [-0.2, 0) is 6.54 Å². The highest BCUT2D eigenvalue weighted by Gasteiger charge is 2.20. The Kier molecular flexibility index (Phi) is 4.46. The predicted octanol–water partition coefficient (Wildman–Crippen LogP) is 3.53. The Labute approximate surface area is 112 Å². The Balaban J connectivity index is 2.16. The zero-order valence-electron chi connectivity index (χ0n) is 10.5. The number of nitrogens with zero attached hydrogens (tertiary/aromatic N) is 1. The molecule has 1 atom stereocenters. The fraction of sp³-hybridized carbons (Fsp3) is 0.571. The summed E-state index contributed by atoms with van der Waals surface area (Å²) in [7, 11) is 0. The molecule has 1 aliphatic heterocycles. The van der Waals surface area contributed by atoms with E-state index < -0.39 is 0 Å². The topological polar surface area (TPSA) is 29.3 Å². The SMILES string of the molecule is CCC1CCCN(c2ccc(CN)cc2Br)C1.